The van der Waals surface area contributed by atoms with E-state index in [1.165, 1.54) is 31.3 Å². The van der Waals surface area contributed by atoms with Crippen LogP contribution in [-0.4, -0.2) is 22.3 Å². The lowest BCUT2D eigenvalue weighted by atomic mass is 9.32. The van der Waals surface area contributed by atoms with Crippen LogP contribution in [0.4, 0.5) is 0 Å². The molecule has 0 heterocycles. The van der Waals surface area contributed by atoms with Gasteiger partial charge in [0.1, 0.15) is 0 Å². The zero-order valence-corrected chi connectivity index (χ0v) is 22.8. The van der Waals surface area contributed by atoms with Gasteiger partial charge in [-0.15, -0.1) is 6.58 Å². The van der Waals surface area contributed by atoms with Crippen molar-refractivity contribution in [1.82, 2.24) is 0 Å². The number of hydrogen-bond acceptors (Lipinski definition) is 2. The smallest absolute Gasteiger partial charge is 0.309 e. The summed E-state index contributed by atoms with van der Waals surface area (Å²) in [6.45, 7) is 18.8. The molecule has 5 fully saturated rings. The molecular weight excluding hydrogens is 420 g/mol. The van der Waals surface area contributed by atoms with E-state index in [1.54, 1.807) is 0 Å². The number of fused-ring (bicyclic) bond motifs is 7. The van der Waals surface area contributed by atoms with Crippen molar-refractivity contribution in [3.05, 3.63) is 12.2 Å². The van der Waals surface area contributed by atoms with Crippen molar-refractivity contribution >= 4 is 5.97 Å². The molecule has 5 aliphatic carbocycles. The first-order valence-corrected chi connectivity index (χ1v) is 14.3. The van der Waals surface area contributed by atoms with Gasteiger partial charge in [-0.25, -0.2) is 0 Å². The summed E-state index contributed by atoms with van der Waals surface area (Å²) in [6.07, 6.45) is 11.6. The Morgan fingerprint density at radius 2 is 1.56 bits per heavy atom. The van der Waals surface area contributed by atoms with Crippen LogP contribution in [0.15, 0.2) is 12.2 Å². The van der Waals surface area contributed by atoms with Gasteiger partial charge < -0.3 is 10.2 Å². The Balaban J connectivity index is 1.55. The highest BCUT2D eigenvalue weighted by atomic mass is 16.4. The number of aliphatic carboxylic acids is 1. The summed E-state index contributed by atoms with van der Waals surface area (Å²) in [5, 5.41) is 21.5. The summed E-state index contributed by atoms with van der Waals surface area (Å²) in [4.78, 5) is 12.8. The van der Waals surface area contributed by atoms with Crippen molar-refractivity contribution in [2.75, 3.05) is 0 Å². The largest absolute Gasteiger partial charge is 0.481 e. The van der Waals surface area contributed by atoms with Crippen molar-refractivity contribution in [2.24, 2.45) is 56.7 Å². The maximum Gasteiger partial charge on any atom is 0.309 e. The maximum atomic E-state index is 12.8. The van der Waals surface area contributed by atoms with E-state index in [0.29, 0.717) is 29.6 Å². The van der Waals surface area contributed by atoms with Crippen molar-refractivity contribution in [3.8, 4) is 0 Å². The fourth-order valence-corrected chi connectivity index (χ4v) is 11.8. The van der Waals surface area contributed by atoms with Crippen LogP contribution in [-0.2, 0) is 4.79 Å². The van der Waals surface area contributed by atoms with Gasteiger partial charge in [-0.05, 0) is 129 Å². The normalized spacial score (nSPS) is 53.7. The molecule has 5 saturated carbocycles. The van der Waals surface area contributed by atoms with Crippen molar-refractivity contribution in [2.45, 2.75) is 118 Å². The molecule has 10 atom stereocenters. The van der Waals surface area contributed by atoms with E-state index in [9.17, 15) is 15.0 Å². The topological polar surface area (TPSA) is 57.5 Å². The average Bonchev–Trinajstić information content (AvgIpc) is 3.11. The summed E-state index contributed by atoms with van der Waals surface area (Å²) in [7, 11) is 0. The van der Waals surface area contributed by atoms with Crippen molar-refractivity contribution in [1.29, 1.82) is 0 Å². The lowest BCUT2D eigenvalue weighted by Gasteiger charge is -2.72. The first-order chi connectivity index (χ1) is 15.7. The Bertz CT molecular complexity index is 876. The summed E-state index contributed by atoms with van der Waals surface area (Å²) in [5.41, 5.74) is 1.42. The van der Waals surface area contributed by atoms with Crippen molar-refractivity contribution in [3.63, 3.8) is 0 Å². The van der Waals surface area contributed by atoms with E-state index in [-0.39, 0.29) is 27.8 Å². The Morgan fingerprint density at radius 3 is 2.21 bits per heavy atom. The van der Waals surface area contributed by atoms with Gasteiger partial charge in [0.25, 0.3) is 0 Å². The van der Waals surface area contributed by atoms with E-state index < -0.39 is 11.4 Å². The van der Waals surface area contributed by atoms with E-state index in [1.807, 2.05) is 0 Å². The number of rotatable bonds is 3. The van der Waals surface area contributed by atoms with Gasteiger partial charge in [0.05, 0.1) is 11.5 Å². The summed E-state index contributed by atoms with van der Waals surface area (Å²) < 4.78 is 0. The van der Waals surface area contributed by atoms with Crippen LogP contribution >= 0.6 is 0 Å². The van der Waals surface area contributed by atoms with Gasteiger partial charge in [-0.2, -0.15) is 0 Å². The van der Waals surface area contributed by atoms with Crippen LogP contribution in [0.2, 0.25) is 0 Å². The minimum atomic E-state index is -0.519. The molecule has 3 heteroatoms. The number of carboxylic acid groups (broad SMARTS) is 1. The van der Waals surface area contributed by atoms with Gasteiger partial charge in [0.2, 0.25) is 0 Å². The SMILES string of the molecule is C=C(C)C[C@@H]1CC[C@]2(C(=O)O)CC[C@]3(C)[C@H](CC[C@@H]4[C@@]5(C)CC[C@H](O)C(C)(C)[C@@H]5CC[C@]43C)[C@@H]12. The minimum Gasteiger partial charge on any atom is -0.481 e. The quantitative estimate of drug-likeness (QED) is 0.420. The van der Waals surface area contributed by atoms with Crippen LogP contribution in [0.5, 0.6) is 0 Å². The van der Waals surface area contributed by atoms with E-state index in [4.69, 9.17) is 0 Å². The van der Waals surface area contributed by atoms with E-state index in [2.05, 4.69) is 48.1 Å². The third-order valence-corrected chi connectivity index (χ3v) is 13.6. The molecule has 0 radical (unpaired) electrons. The molecule has 2 N–H and O–H groups in total. The molecular formula is C31H50O3. The predicted molar refractivity (Wildman–Crippen MR) is 137 cm³/mol. The van der Waals surface area contributed by atoms with Crippen LogP contribution < -0.4 is 0 Å². The highest BCUT2D eigenvalue weighted by Gasteiger charge is 2.71. The molecule has 34 heavy (non-hydrogen) atoms. The number of hydrogen-bond donors (Lipinski definition) is 2. The molecule has 192 valence electrons. The van der Waals surface area contributed by atoms with Crippen LogP contribution in [0.1, 0.15) is 112 Å². The van der Waals surface area contributed by atoms with Gasteiger partial charge in [-0.1, -0.05) is 40.2 Å². The lowest BCUT2D eigenvalue weighted by molar-refractivity contribution is -0.248. The zero-order chi connectivity index (χ0) is 24.9. The summed E-state index contributed by atoms with van der Waals surface area (Å²) in [5.74, 6) is 2.02. The molecule has 0 aromatic heterocycles. The minimum absolute atomic E-state index is 0.0187. The fourth-order valence-electron chi connectivity index (χ4n) is 11.8. The van der Waals surface area contributed by atoms with Gasteiger partial charge >= 0.3 is 5.97 Å². The highest BCUT2D eigenvalue weighted by molar-refractivity contribution is 5.76. The summed E-state index contributed by atoms with van der Waals surface area (Å²) >= 11 is 0. The number of aliphatic hydroxyl groups is 1. The zero-order valence-electron chi connectivity index (χ0n) is 22.8. The Hall–Kier alpha value is -0.830. The first-order valence-electron chi connectivity index (χ1n) is 14.3. The second kappa shape index (κ2) is 7.59. The standard InChI is InChI=1S/C31H50O3/c1-19(2)18-20-10-15-31(26(33)34)17-16-29(6)21(25(20)31)8-9-23-28(5)13-12-24(32)27(3,4)22(28)11-14-30(23,29)7/h20-25,32H,1,8-18H2,2-7H3,(H,33,34)/t20-,21+,22-,23+,24-,25+,28-,29+,30+,31-/m0/s1. The molecule has 0 bridgehead atoms. The van der Waals surface area contributed by atoms with Gasteiger partial charge in [-0.3, -0.25) is 4.79 Å². The van der Waals surface area contributed by atoms with Crippen LogP contribution in [0, 0.1) is 56.7 Å². The second-order valence-corrected chi connectivity index (χ2v) is 15.0. The van der Waals surface area contributed by atoms with E-state index >= 15 is 0 Å². The molecule has 0 spiro atoms. The monoisotopic (exact) mass is 470 g/mol. The number of allylic oxidation sites excluding steroid dienone is 1. The molecule has 3 nitrogen and oxygen atoms in total. The Labute approximate surface area is 208 Å². The first kappa shape index (κ1) is 24.8. The highest BCUT2D eigenvalue weighted by Crippen LogP contribution is 2.77. The number of aliphatic hydroxyl groups excluding tert-OH is 1. The molecule has 5 aliphatic rings. The molecule has 0 saturated heterocycles. The second-order valence-electron chi connectivity index (χ2n) is 15.0. The molecule has 0 aliphatic heterocycles. The van der Waals surface area contributed by atoms with Gasteiger partial charge in [0.15, 0.2) is 0 Å². The third-order valence-electron chi connectivity index (χ3n) is 13.6. The summed E-state index contributed by atoms with van der Waals surface area (Å²) in [6, 6.07) is 0. The van der Waals surface area contributed by atoms with Gasteiger partial charge in [0, 0.05) is 0 Å². The average molecular weight is 471 g/mol. The number of carboxylic acids is 1. The Morgan fingerprint density at radius 1 is 0.853 bits per heavy atom. The molecule has 0 aromatic rings. The van der Waals surface area contributed by atoms with Crippen molar-refractivity contribution < 1.29 is 15.0 Å². The lowest BCUT2D eigenvalue weighted by Crippen LogP contribution is -2.67. The third kappa shape index (κ3) is 2.94. The molecule has 0 amide bonds. The predicted octanol–water partition coefficient (Wildman–Crippen LogP) is 7.48. The Kier molecular flexibility index (Phi) is 5.55. The maximum absolute atomic E-state index is 12.8. The molecule has 5 rings (SSSR count). The van der Waals surface area contributed by atoms with Crippen LogP contribution in [0.3, 0.4) is 0 Å². The van der Waals surface area contributed by atoms with E-state index in [0.717, 1.165) is 44.9 Å². The fraction of sp³-hybridized carbons (Fsp3) is 0.903. The van der Waals surface area contributed by atoms with Crippen LogP contribution in [0.25, 0.3) is 0 Å². The molecule has 0 aromatic carbocycles. The molecule has 0 unspecified atom stereocenters. The number of carbonyl (C=O) groups is 1.